The summed E-state index contributed by atoms with van der Waals surface area (Å²) in [5.74, 6) is -0.169. The molecular formula is C16H17ClFNS. The molecule has 0 bridgehead atoms. The van der Waals surface area contributed by atoms with Gasteiger partial charge in [-0.1, -0.05) is 29.4 Å². The molecular weight excluding hydrogens is 293 g/mol. The highest BCUT2D eigenvalue weighted by Crippen LogP contribution is 2.35. The molecule has 0 saturated carbocycles. The monoisotopic (exact) mass is 309 g/mol. The maximum atomic E-state index is 13.8. The van der Waals surface area contributed by atoms with E-state index in [-0.39, 0.29) is 11.9 Å². The molecule has 20 heavy (non-hydrogen) atoms. The Morgan fingerprint density at radius 1 is 1.25 bits per heavy atom. The van der Waals surface area contributed by atoms with Crippen LogP contribution in [0.3, 0.4) is 0 Å². The maximum absolute atomic E-state index is 13.8. The Hall–Kier alpha value is -1.03. The van der Waals surface area contributed by atoms with Gasteiger partial charge in [-0.15, -0.1) is 0 Å². The Morgan fingerprint density at radius 2 is 2.00 bits per heavy atom. The lowest BCUT2D eigenvalue weighted by Gasteiger charge is -2.17. The zero-order valence-electron chi connectivity index (χ0n) is 11.7. The van der Waals surface area contributed by atoms with Gasteiger partial charge in [-0.05, 0) is 62.4 Å². The predicted molar refractivity (Wildman–Crippen MR) is 84.2 cm³/mol. The number of halogens is 2. The van der Waals surface area contributed by atoms with E-state index in [4.69, 9.17) is 11.6 Å². The van der Waals surface area contributed by atoms with Gasteiger partial charge in [0.2, 0.25) is 0 Å². The van der Waals surface area contributed by atoms with Crippen molar-refractivity contribution in [2.24, 2.45) is 0 Å². The molecule has 0 aromatic heterocycles. The molecule has 1 N–H and O–H groups in total. The number of aryl methyl sites for hydroxylation is 1. The molecule has 1 atom stereocenters. The van der Waals surface area contributed by atoms with E-state index in [9.17, 15) is 4.39 Å². The summed E-state index contributed by atoms with van der Waals surface area (Å²) in [4.78, 5) is 2.10. The quantitative estimate of drug-likeness (QED) is 0.831. The third-order valence-electron chi connectivity index (χ3n) is 3.21. The standard InChI is InChI=1S/C16H17ClFNS/c1-10-7-16(14(9-15(10)18)11(2)19-3)20-13-6-4-5-12(17)8-13/h4-9,11,19H,1-3H3. The van der Waals surface area contributed by atoms with E-state index in [1.165, 1.54) is 0 Å². The van der Waals surface area contributed by atoms with Crippen molar-refractivity contribution in [1.29, 1.82) is 0 Å². The average molecular weight is 310 g/mol. The molecule has 2 aromatic carbocycles. The lowest BCUT2D eigenvalue weighted by molar-refractivity contribution is 0.594. The second-order valence-corrected chi connectivity index (χ2v) is 6.26. The summed E-state index contributed by atoms with van der Waals surface area (Å²) in [5, 5.41) is 3.86. The van der Waals surface area contributed by atoms with Crippen LogP contribution in [0.2, 0.25) is 5.02 Å². The summed E-state index contributed by atoms with van der Waals surface area (Å²) in [6, 6.07) is 11.3. The van der Waals surface area contributed by atoms with Crippen LogP contribution in [0.5, 0.6) is 0 Å². The summed E-state index contributed by atoms with van der Waals surface area (Å²) in [5.41, 5.74) is 1.61. The van der Waals surface area contributed by atoms with Crippen LogP contribution in [0, 0.1) is 12.7 Å². The first-order valence-corrected chi connectivity index (χ1v) is 7.61. The molecule has 0 aliphatic carbocycles. The molecule has 0 saturated heterocycles. The molecule has 0 heterocycles. The molecule has 0 spiro atoms. The fourth-order valence-corrected chi connectivity index (χ4v) is 3.34. The minimum absolute atomic E-state index is 0.0896. The maximum Gasteiger partial charge on any atom is 0.126 e. The van der Waals surface area contributed by atoms with Gasteiger partial charge in [-0.25, -0.2) is 4.39 Å². The van der Waals surface area contributed by atoms with Crippen molar-refractivity contribution >= 4 is 23.4 Å². The number of hydrogen-bond donors (Lipinski definition) is 1. The SMILES string of the molecule is CNC(C)c1cc(F)c(C)cc1Sc1cccc(Cl)c1. The number of hydrogen-bond acceptors (Lipinski definition) is 2. The Kier molecular flexibility index (Phi) is 5.08. The second kappa shape index (κ2) is 6.61. The van der Waals surface area contributed by atoms with Gasteiger partial charge in [-0.2, -0.15) is 0 Å². The Balaban J connectivity index is 2.41. The van der Waals surface area contributed by atoms with Gasteiger partial charge in [0, 0.05) is 20.9 Å². The van der Waals surface area contributed by atoms with Gasteiger partial charge < -0.3 is 5.32 Å². The summed E-state index contributed by atoms with van der Waals surface area (Å²) in [6.07, 6.45) is 0. The van der Waals surface area contributed by atoms with Crippen molar-refractivity contribution in [3.05, 3.63) is 58.4 Å². The highest BCUT2D eigenvalue weighted by Gasteiger charge is 2.13. The minimum atomic E-state index is -0.169. The van der Waals surface area contributed by atoms with Crippen molar-refractivity contribution in [3.8, 4) is 0 Å². The molecule has 0 aliphatic heterocycles. The Labute approximate surface area is 128 Å². The fraction of sp³-hybridized carbons (Fsp3) is 0.250. The van der Waals surface area contributed by atoms with E-state index in [0.717, 1.165) is 15.4 Å². The molecule has 0 radical (unpaired) electrons. The molecule has 0 aliphatic rings. The van der Waals surface area contributed by atoms with E-state index < -0.39 is 0 Å². The molecule has 4 heteroatoms. The first kappa shape index (κ1) is 15.4. The lowest BCUT2D eigenvalue weighted by atomic mass is 10.1. The van der Waals surface area contributed by atoms with Gasteiger partial charge in [-0.3, -0.25) is 0 Å². The molecule has 2 aromatic rings. The van der Waals surface area contributed by atoms with Crippen LogP contribution in [0.4, 0.5) is 4.39 Å². The van der Waals surface area contributed by atoms with Crippen LogP contribution in [-0.2, 0) is 0 Å². The molecule has 2 rings (SSSR count). The third kappa shape index (κ3) is 3.54. The average Bonchev–Trinajstić information content (AvgIpc) is 2.42. The summed E-state index contributed by atoms with van der Waals surface area (Å²) in [7, 11) is 1.87. The van der Waals surface area contributed by atoms with Crippen molar-refractivity contribution in [1.82, 2.24) is 5.32 Å². The molecule has 106 valence electrons. The largest absolute Gasteiger partial charge is 0.313 e. The zero-order valence-corrected chi connectivity index (χ0v) is 13.3. The molecule has 1 unspecified atom stereocenters. The van der Waals surface area contributed by atoms with Crippen LogP contribution < -0.4 is 5.32 Å². The number of rotatable bonds is 4. The highest BCUT2D eigenvalue weighted by atomic mass is 35.5. The van der Waals surface area contributed by atoms with Crippen LogP contribution in [0.15, 0.2) is 46.2 Å². The van der Waals surface area contributed by atoms with E-state index in [2.05, 4.69) is 5.32 Å². The van der Waals surface area contributed by atoms with Gasteiger partial charge >= 0.3 is 0 Å². The third-order valence-corrected chi connectivity index (χ3v) is 4.51. The molecule has 1 nitrogen and oxygen atoms in total. The van der Waals surface area contributed by atoms with Crippen LogP contribution in [-0.4, -0.2) is 7.05 Å². The van der Waals surface area contributed by atoms with Gasteiger partial charge in [0.15, 0.2) is 0 Å². The normalized spacial score (nSPS) is 12.4. The van der Waals surface area contributed by atoms with Crippen LogP contribution in [0.25, 0.3) is 0 Å². The first-order chi connectivity index (χ1) is 9.51. The minimum Gasteiger partial charge on any atom is -0.313 e. The smallest absolute Gasteiger partial charge is 0.126 e. The van der Waals surface area contributed by atoms with E-state index in [0.29, 0.717) is 10.6 Å². The summed E-state index contributed by atoms with van der Waals surface area (Å²) < 4.78 is 13.8. The van der Waals surface area contributed by atoms with Crippen LogP contribution >= 0.6 is 23.4 Å². The predicted octanol–water partition coefficient (Wildman–Crippen LogP) is 5.22. The Morgan fingerprint density at radius 3 is 2.65 bits per heavy atom. The topological polar surface area (TPSA) is 12.0 Å². The lowest BCUT2D eigenvalue weighted by Crippen LogP contribution is -2.13. The Bertz CT molecular complexity index is 615. The van der Waals surface area contributed by atoms with Crippen molar-refractivity contribution in [3.63, 3.8) is 0 Å². The number of nitrogens with one attached hydrogen (secondary N) is 1. The molecule has 0 amide bonds. The molecule has 0 fully saturated rings. The summed E-state index contributed by atoms with van der Waals surface area (Å²) in [6.45, 7) is 3.80. The van der Waals surface area contributed by atoms with Crippen LogP contribution in [0.1, 0.15) is 24.1 Å². The summed E-state index contributed by atoms with van der Waals surface area (Å²) >= 11 is 7.62. The van der Waals surface area contributed by atoms with Gasteiger partial charge in [0.1, 0.15) is 5.82 Å². The van der Waals surface area contributed by atoms with E-state index >= 15 is 0 Å². The van der Waals surface area contributed by atoms with Crippen molar-refractivity contribution < 1.29 is 4.39 Å². The second-order valence-electron chi connectivity index (χ2n) is 4.71. The zero-order chi connectivity index (χ0) is 14.7. The van der Waals surface area contributed by atoms with E-state index in [1.807, 2.05) is 44.3 Å². The highest BCUT2D eigenvalue weighted by molar-refractivity contribution is 7.99. The van der Waals surface area contributed by atoms with Gasteiger partial charge in [0.25, 0.3) is 0 Å². The fourth-order valence-electron chi connectivity index (χ4n) is 1.91. The van der Waals surface area contributed by atoms with Crippen molar-refractivity contribution in [2.45, 2.75) is 29.7 Å². The van der Waals surface area contributed by atoms with Gasteiger partial charge in [0.05, 0.1) is 0 Å². The van der Waals surface area contributed by atoms with Crippen molar-refractivity contribution in [2.75, 3.05) is 7.05 Å². The number of benzene rings is 2. The first-order valence-electron chi connectivity index (χ1n) is 6.42. The van der Waals surface area contributed by atoms with E-state index in [1.54, 1.807) is 24.8 Å².